The van der Waals surface area contributed by atoms with Crippen LogP contribution < -0.4 is 21.3 Å². The number of hydrogen-bond donors (Lipinski definition) is 4. The average Bonchev–Trinajstić information content (AvgIpc) is 2.93. The molecule has 0 aromatic heterocycles. The number of rotatable bonds is 8. The summed E-state index contributed by atoms with van der Waals surface area (Å²) < 4.78 is 0. The van der Waals surface area contributed by atoms with Crippen LogP contribution in [-0.4, -0.2) is 37.9 Å². The van der Waals surface area contributed by atoms with Crippen molar-refractivity contribution in [3.63, 3.8) is 0 Å². The molecule has 4 N–H and O–H groups in total. The van der Waals surface area contributed by atoms with E-state index < -0.39 is 0 Å². The van der Waals surface area contributed by atoms with Gasteiger partial charge in [0.2, 0.25) is 0 Å². The Morgan fingerprint density at radius 1 is 0.618 bits per heavy atom. The molecule has 0 fully saturated rings. The second kappa shape index (κ2) is 10.9. The minimum Gasteiger partial charge on any atom is -0.381 e. The summed E-state index contributed by atoms with van der Waals surface area (Å²) >= 11 is 0. The van der Waals surface area contributed by atoms with E-state index >= 15 is 0 Å². The quantitative estimate of drug-likeness (QED) is 0.409. The molecule has 2 aliphatic heterocycles. The Hall–Kier alpha value is -3.80. The normalized spacial score (nSPS) is 15.4. The lowest BCUT2D eigenvalue weighted by Crippen LogP contribution is -2.30. The fourth-order valence-electron chi connectivity index (χ4n) is 4.16. The summed E-state index contributed by atoms with van der Waals surface area (Å²) in [5.74, 6) is 2.03. The van der Waals surface area contributed by atoms with Crippen molar-refractivity contribution in [3.05, 3.63) is 95.1 Å². The molecule has 2 aliphatic rings. The molecule has 2 heterocycles. The third-order valence-corrected chi connectivity index (χ3v) is 6.11. The molecule has 5 rings (SSSR count). The molecule has 6 nitrogen and oxygen atoms in total. The first-order valence-corrected chi connectivity index (χ1v) is 12.2. The molecule has 0 saturated heterocycles. The van der Waals surface area contributed by atoms with E-state index in [-0.39, 0.29) is 0 Å². The minimum absolute atomic E-state index is 0.781. The summed E-state index contributed by atoms with van der Waals surface area (Å²) in [7, 11) is 0. The molecular weight excluding hydrogens is 420 g/mol. The highest BCUT2D eigenvalue weighted by atomic mass is 15.0. The van der Waals surface area contributed by atoms with Gasteiger partial charge in [0.15, 0.2) is 0 Å². The van der Waals surface area contributed by atoms with Gasteiger partial charge >= 0.3 is 0 Å². The van der Waals surface area contributed by atoms with Crippen molar-refractivity contribution < 1.29 is 0 Å². The number of benzene rings is 3. The Balaban J connectivity index is 1.13. The highest BCUT2D eigenvalue weighted by molar-refractivity contribution is 5.99. The van der Waals surface area contributed by atoms with Crippen LogP contribution in [0.5, 0.6) is 0 Å². The molecule has 3 aromatic carbocycles. The zero-order valence-electron chi connectivity index (χ0n) is 19.5. The van der Waals surface area contributed by atoms with Crippen LogP contribution in [0.15, 0.2) is 82.8 Å². The van der Waals surface area contributed by atoms with Gasteiger partial charge in [-0.25, -0.2) is 0 Å². The molecule has 0 saturated carbocycles. The lowest BCUT2D eigenvalue weighted by atomic mass is 10.1. The maximum atomic E-state index is 4.57. The molecule has 34 heavy (non-hydrogen) atoms. The van der Waals surface area contributed by atoms with Crippen LogP contribution in [0.4, 0.5) is 11.4 Å². The molecule has 0 aliphatic carbocycles. The molecule has 0 spiro atoms. The van der Waals surface area contributed by atoms with Crippen LogP contribution in [-0.2, 0) is 13.1 Å². The Labute approximate surface area is 201 Å². The van der Waals surface area contributed by atoms with Crippen molar-refractivity contribution in [1.82, 2.24) is 10.6 Å². The van der Waals surface area contributed by atoms with Gasteiger partial charge in [0.05, 0.1) is 0 Å². The second-order valence-electron chi connectivity index (χ2n) is 8.70. The van der Waals surface area contributed by atoms with Crippen molar-refractivity contribution in [2.75, 3.05) is 36.8 Å². The summed E-state index contributed by atoms with van der Waals surface area (Å²) in [6.07, 6.45) is 2.22. The van der Waals surface area contributed by atoms with E-state index in [9.17, 15) is 0 Å². The maximum Gasteiger partial charge on any atom is 0.128 e. The summed E-state index contributed by atoms with van der Waals surface area (Å²) in [4.78, 5) is 9.14. The van der Waals surface area contributed by atoms with E-state index in [0.29, 0.717) is 0 Å². The van der Waals surface area contributed by atoms with Crippen LogP contribution >= 0.6 is 0 Å². The number of hydrogen-bond acceptors (Lipinski definition) is 6. The Morgan fingerprint density at radius 2 is 1.09 bits per heavy atom. The molecule has 0 radical (unpaired) electrons. The molecule has 3 aromatic rings. The number of nitrogens with zero attached hydrogens (tertiary/aromatic N) is 2. The maximum absolute atomic E-state index is 4.57. The van der Waals surface area contributed by atoms with Gasteiger partial charge < -0.3 is 21.3 Å². The van der Waals surface area contributed by atoms with Gasteiger partial charge in [-0.15, -0.1) is 0 Å². The van der Waals surface area contributed by atoms with E-state index in [1.54, 1.807) is 0 Å². The third-order valence-electron chi connectivity index (χ3n) is 6.11. The second-order valence-corrected chi connectivity index (χ2v) is 8.70. The SMILES string of the molecule is c1cc(NCc2ccc(C3=NCCCN3)cc2)cc(NCc2ccc(C3=NCCCN3)cc2)c1. The van der Waals surface area contributed by atoms with Gasteiger partial charge in [-0.2, -0.15) is 0 Å². The summed E-state index contributed by atoms with van der Waals surface area (Å²) in [5, 5.41) is 13.8. The van der Waals surface area contributed by atoms with Gasteiger partial charge in [0.25, 0.3) is 0 Å². The smallest absolute Gasteiger partial charge is 0.128 e. The van der Waals surface area contributed by atoms with E-state index in [0.717, 1.165) is 86.3 Å². The van der Waals surface area contributed by atoms with E-state index in [1.165, 1.54) is 11.1 Å². The van der Waals surface area contributed by atoms with Crippen LogP contribution in [0, 0.1) is 0 Å². The Kier molecular flexibility index (Phi) is 7.04. The Bertz CT molecular complexity index is 1060. The van der Waals surface area contributed by atoms with Crippen molar-refractivity contribution >= 4 is 23.0 Å². The first kappa shape index (κ1) is 22.0. The number of aliphatic imine (C=N–C) groups is 2. The zero-order chi connectivity index (χ0) is 23.0. The zero-order valence-corrected chi connectivity index (χ0v) is 19.5. The summed E-state index contributed by atoms with van der Waals surface area (Å²) in [5.41, 5.74) is 7.01. The predicted octanol–water partition coefficient (Wildman–Crippen LogP) is 4.39. The highest BCUT2D eigenvalue weighted by Crippen LogP contribution is 2.18. The molecule has 0 bridgehead atoms. The predicted molar refractivity (Wildman–Crippen MR) is 142 cm³/mol. The molecule has 0 atom stereocenters. The van der Waals surface area contributed by atoms with Gasteiger partial charge in [0, 0.05) is 61.8 Å². The van der Waals surface area contributed by atoms with E-state index in [2.05, 4.69) is 104 Å². The van der Waals surface area contributed by atoms with Gasteiger partial charge in [-0.1, -0.05) is 54.6 Å². The summed E-state index contributed by atoms with van der Waals surface area (Å²) in [6.45, 7) is 5.39. The van der Waals surface area contributed by atoms with Crippen LogP contribution in [0.1, 0.15) is 35.1 Å². The summed E-state index contributed by atoms with van der Waals surface area (Å²) in [6, 6.07) is 25.7. The van der Waals surface area contributed by atoms with Crippen LogP contribution in [0.2, 0.25) is 0 Å². The Morgan fingerprint density at radius 3 is 1.50 bits per heavy atom. The standard InChI is InChI=1S/C28H32N6/c1-4-25(33-19-21-6-10-23(11-7-21)27-29-14-2-15-30-27)18-26(5-1)34-20-22-8-12-24(13-9-22)28-31-16-3-17-32-28/h1,4-13,18,33-34H,2-3,14-17,19-20H2,(H,29,30)(H,31,32). The van der Waals surface area contributed by atoms with Crippen molar-refractivity contribution in [2.24, 2.45) is 9.98 Å². The minimum atomic E-state index is 0.781. The van der Waals surface area contributed by atoms with Crippen LogP contribution in [0.3, 0.4) is 0 Å². The topological polar surface area (TPSA) is 72.8 Å². The largest absolute Gasteiger partial charge is 0.381 e. The van der Waals surface area contributed by atoms with E-state index in [1.807, 2.05) is 0 Å². The van der Waals surface area contributed by atoms with Crippen molar-refractivity contribution in [2.45, 2.75) is 25.9 Å². The molecule has 174 valence electrons. The van der Waals surface area contributed by atoms with Crippen LogP contribution in [0.25, 0.3) is 0 Å². The fourth-order valence-corrected chi connectivity index (χ4v) is 4.16. The lowest BCUT2D eigenvalue weighted by molar-refractivity contribution is 0.742. The number of amidine groups is 2. The molecule has 6 heteroatoms. The highest BCUT2D eigenvalue weighted by Gasteiger charge is 2.08. The van der Waals surface area contributed by atoms with Gasteiger partial charge in [0.1, 0.15) is 11.7 Å². The first-order valence-electron chi connectivity index (χ1n) is 12.2. The monoisotopic (exact) mass is 452 g/mol. The third kappa shape index (κ3) is 5.76. The molecule has 0 unspecified atom stereocenters. The lowest BCUT2D eigenvalue weighted by Gasteiger charge is -2.15. The van der Waals surface area contributed by atoms with E-state index in [4.69, 9.17) is 0 Å². The molecule has 0 amide bonds. The fraction of sp³-hybridized carbons (Fsp3) is 0.286. The number of anilines is 2. The van der Waals surface area contributed by atoms with Crippen molar-refractivity contribution in [1.29, 1.82) is 0 Å². The van der Waals surface area contributed by atoms with Gasteiger partial charge in [-0.3, -0.25) is 9.98 Å². The number of nitrogens with one attached hydrogen (secondary N) is 4. The average molecular weight is 453 g/mol. The van der Waals surface area contributed by atoms with Crippen molar-refractivity contribution in [3.8, 4) is 0 Å². The molecular formula is C28H32N6. The first-order chi connectivity index (χ1) is 16.8. The van der Waals surface area contributed by atoms with Gasteiger partial charge in [-0.05, 0) is 42.2 Å².